The van der Waals surface area contributed by atoms with Crippen LogP contribution in [0.25, 0.3) is 0 Å². The van der Waals surface area contributed by atoms with Crippen molar-refractivity contribution in [3.8, 4) is 0 Å². The minimum absolute atomic E-state index is 0.321. The van der Waals surface area contributed by atoms with E-state index in [1.54, 1.807) is 0 Å². The first-order valence-electron chi connectivity index (χ1n) is 13.2. The highest BCUT2D eigenvalue weighted by Gasteiger charge is 1.96. The van der Waals surface area contributed by atoms with Crippen molar-refractivity contribution in [3.63, 3.8) is 0 Å². The fourth-order valence-corrected chi connectivity index (χ4v) is 3.44. The zero-order chi connectivity index (χ0) is 24.1. The molecule has 2 N–H and O–H groups in total. The Morgan fingerprint density at radius 1 is 0.562 bits per heavy atom. The summed E-state index contributed by atoms with van der Waals surface area (Å²) in [5.74, 6) is -1.34. The number of carboxylic acid groups (broad SMARTS) is 2. The van der Waals surface area contributed by atoms with Gasteiger partial charge in [0.2, 0.25) is 0 Å². The van der Waals surface area contributed by atoms with Crippen molar-refractivity contribution in [1.82, 2.24) is 0 Å². The first kappa shape index (κ1) is 32.6. The topological polar surface area (TPSA) is 74.6 Å². The van der Waals surface area contributed by atoms with Crippen molar-refractivity contribution in [2.45, 2.75) is 142 Å². The van der Waals surface area contributed by atoms with Gasteiger partial charge >= 0.3 is 11.9 Å². The van der Waals surface area contributed by atoms with E-state index < -0.39 is 11.9 Å². The monoisotopic (exact) mass is 452 g/mol. The molecule has 0 aliphatic heterocycles. The third kappa shape index (κ3) is 35.8. The molecule has 0 atom stereocenters. The van der Waals surface area contributed by atoms with E-state index in [0.29, 0.717) is 12.8 Å². The lowest BCUT2D eigenvalue weighted by Gasteiger charge is -1.99. The van der Waals surface area contributed by atoms with Gasteiger partial charge in [-0.25, -0.2) is 0 Å². The van der Waals surface area contributed by atoms with Gasteiger partial charge in [-0.2, -0.15) is 0 Å². The summed E-state index contributed by atoms with van der Waals surface area (Å²) in [5, 5.41) is 16.8. The Morgan fingerprint density at radius 3 is 1.28 bits per heavy atom. The molecule has 0 fully saturated rings. The molecule has 188 valence electrons. The number of hydrogen-bond donors (Lipinski definition) is 2. The second-order valence-corrected chi connectivity index (χ2v) is 8.72. The molecule has 0 spiro atoms. The quantitative estimate of drug-likeness (QED) is 0.120. The van der Waals surface area contributed by atoms with Gasteiger partial charge in [-0.1, -0.05) is 95.8 Å². The van der Waals surface area contributed by atoms with Crippen molar-refractivity contribution in [1.29, 1.82) is 0 Å². The lowest BCUT2D eigenvalue weighted by atomic mass is 10.1. The summed E-state index contributed by atoms with van der Waals surface area (Å²) in [7, 11) is 0. The molecule has 0 amide bonds. The van der Waals surface area contributed by atoms with E-state index in [1.165, 1.54) is 83.5 Å². The van der Waals surface area contributed by atoms with Gasteiger partial charge < -0.3 is 10.2 Å². The van der Waals surface area contributed by atoms with Gasteiger partial charge in [-0.05, 0) is 51.4 Å². The highest BCUT2D eigenvalue weighted by Crippen LogP contribution is 2.10. The predicted molar refractivity (Wildman–Crippen MR) is 137 cm³/mol. The van der Waals surface area contributed by atoms with Crippen LogP contribution in [-0.2, 0) is 9.59 Å². The van der Waals surface area contributed by atoms with Crippen molar-refractivity contribution >= 4 is 11.9 Å². The van der Waals surface area contributed by atoms with Gasteiger partial charge in [0.25, 0.3) is 0 Å². The lowest BCUT2D eigenvalue weighted by Crippen LogP contribution is -1.93. The van der Waals surface area contributed by atoms with Crippen LogP contribution in [0.3, 0.4) is 0 Å². The summed E-state index contributed by atoms with van der Waals surface area (Å²) < 4.78 is 0. The van der Waals surface area contributed by atoms with Crippen molar-refractivity contribution in [2.24, 2.45) is 0 Å². The van der Waals surface area contributed by atoms with E-state index in [1.807, 2.05) is 6.08 Å². The van der Waals surface area contributed by atoms with Crippen molar-refractivity contribution in [3.05, 3.63) is 24.8 Å². The smallest absolute Gasteiger partial charge is 0.303 e. The third-order valence-electron chi connectivity index (χ3n) is 5.45. The molecule has 0 aliphatic carbocycles. The first-order chi connectivity index (χ1) is 15.5. The largest absolute Gasteiger partial charge is 0.481 e. The Morgan fingerprint density at radius 2 is 0.906 bits per heavy atom. The normalized spacial score (nSPS) is 10.7. The Kier molecular flexibility index (Phi) is 30.0. The Balaban J connectivity index is 0. The van der Waals surface area contributed by atoms with Gasteiger partial charge in [0.05, 0.1) is 0 Å². The zero-order valence-electron chi connectivity index (χ0n) is 21.0. The number of carboxylic acids is 2. The maximum Gasteiger partial charge on any atom is 0.303 e. The van der Waals surface area contributed by atoms with Crippen LogP contribution in [0.2, 0.25) is 0 Å². The second-order valence-electron chi connectivity index (χ2n) is 8.72. The van der Waals surface area contributed by atoms with Crippen LogP contribution < -0.4 is 0 Å². The lowest BCUT2D eigenvalue weighted by molar-refractivity contribution is -0.138. The first-order valence-corrected chi connectivity index (χ1v) is 13.2. The Labute approximate surface area is 198 Å². The van der Waals surface area contributed by atoms with E-state index in [2.05, 4.69) is 25.7 Å². The number of aliphatic carboxylic acids is 2. The summed E-state index contributed by atoms with van der Waals surface area (Å²) in [6.07, 6.45) is 30.0. The summed E-state index contributed by atoms with van der Waals surface area (Å²) in [6.45, 7) is 5.90. The molecule has 0 heterocycles. The molecule has 0 bridgehead atoms. The molecule has 4 heteroatoms. The fraction of sp³-hybridized carbons (Fsp3) is 0.786. The standard InChI is InChI=1S/C18H34O2.C10H18O2/c1-2-3-4-5-6-7-8-9-10-11-12-13-14-15-16-17-18(19)20;1-2-3-4-5-6-7-8-9-10(11)12/h9-10H,2-8,11-17H2,1H3,(H,19,20);2H,1,3-9H2,(H,11,12). The van der Waals surface area contributed by atoms with Crippen LogP contribution in [0.4, 0.5) is 0 Å². The second kappa shape index (κ2) is 29.4. The van der Waals surface area contributed by atoms with Crippen molar-refractivity contribution in [2.75, 3.05) is 0 Å². The van der Waals surface area contributed by atoms with Crippen LogP contribution in [0.15, 0.2) is 24.8 Å². The molecule has 0 radical (unpaired) electrons. The van der Waals surface area contributed by atoms with Crippen LogP contribution >= 0.6 is 0 Å². The molecule has 32 heavy (non-hydrogen) atoms. The number of rotatable bonds is 23. The van der Waals surface area contributed by atoms with E-state index in [-0.39, 0.29) is 0 Å². The maximum atomic E-state index is 10.3. The fourth-order valence-electron chi connectivity index (χ4n) is 3.44. The van der Waals surface area contributed by atoms with E-state index >= 15 is 0 Å². The van der Waals surface area contributed by atoms with Gasteiger partial charge in [0.15, 0.2) is 0 Å². The number of hydrogen-bond acceptors (Lipinski definition) is 2. The molecule has 0 saturated heterocycles. The number of allylic oxidation sites excluding steroid dienone is 3. The molecular formula is C28H52O4. The zero-order valence-corrected chi connectivity index (χ0v) is 21.0. The predicted octanol–water partition coefficient (Wildman–Crippen LogP) is 9.10. The molecule has 0 aliphatic rings. The number of carbonyl (C=O) groups is 2. The van der Waals surface area contributed by atoms with E-state index in [9.17, 15) is 9.59 Å². The van der Waals surface area contributed by atoms with E-state index in [0.717, 1.165) is 38.5 Å². The summed E-state index contributed by atoms with van der Waals surface area (Å²) in [6, 6.07) is 0. The molecule has 0 aromatic rings. The summed E-state index contributed by atoms with van der Waals surface area (Å²) in [4.78, 5) is 20.4. The van der Waals surface area contributed by atoms with Gasteiger partial charge in [-0.3, -0.25) is 9.59 Å². The van der Waals surface area contributed by atoms with E-state index in [4.69, 9.17) is 10.2 Å². The minimum atomic E-state index is -0.680. The molecule has 0 aromatic carbocycles. The highest BCUT2D eigenvalue weighted by molar-refractivity contribution is 5.66. The minimum Gasteiger partial charge on any atom is -0.481 e. The summed E-state index contributed by atoms with van der Waals surface area (Å²) >= 11 is 0. The summed E-state index contributed by atoms with van der Waals surface area (Å²) in [5.41, 5.74) is 0. The molecular weight excluding hydrogens is 400 g/mol. The Bertz CT molecular complexity index is 443. The van der Waals surface area contributed by atoms with Gasteiger partial charge in [0.1, 0.15) is 0 Å². The van der Waals surface area contributed by atoms with Crippen LogP contribution in [0.5, 0.6) is 0 Å². The average molecular weight is 453 g/mol. The highest BCUT2D eigenvalue weighted by atomic mass is 16.4. The van der Waals surface area contributed by atoms with Crippen LogP contribution in [0, 0.1) is 0 Å². The maximum absolute atomic E-state index is 10.3. The molecule has 0 rings (SSSR count). The average Bonchev–Trinajstić information content (AvgIpc) is 2.76. The third-order valence-corrected chi connectivity index (χ3v) is 5.45. The van der Waals surface area contributed by atoms with Gasteiger partial charge in [0, 0.05) is 12.8 Å². The molecule has 4 nitrogen and oxygen atoms in total. The molecule has 0 aromatic heterocycles. The number of unbranched alkanes of at least 4 members (excludes halogenated alkanes) is 16. The molecule has 0 unspecified atom stereocenters. The van der Waals surface area contributed by atoms with Gasteiger partial charge in [-0.15, -0.1) is 6.58 Å². The van der Waals surface area contributed by atoms with Crippen LogP contribution in [-0.4, -0.2) is 22.2 Å². The Hall–Kier alpha value is -1.58. The SMILES string of the molecule is C=CCCCCCCCC(=O)O.CCCCCCCCC=CCCCCCCCC(=O)O. The van der Waals surface area contributed by atoms with Crippen LogP contribution in [0.1, 0.15) is 142 Å². The van der Waals surface area contributed by atoms with Crippen molar-refractivity contribution < 1.29 is 19.8 Å². The molecule has 0 saturated carbocycles.